The zero-order valence-corrected chi connectivity index (χ0v) is 30.2. The van der Waals surface area contributed by atoms with Crippen molar-refractivity contribution in [3.8, 4) is 0 Å². The maximum absolute atomic E-state index is 13.9. The van der Waals surface area contributed by atoms with Crippen molar-refractivity contribution in [1.82, 2.24) is 5.32 Å². The van der Waals surface area contributed by atoms with Crippen molar-refractivity contribution < 1.29 is 46.2 Å². The standard InChI is InChI=1S/C41H47F3N2O6/c1-26(2)25-46(20-18-28-12-7-5-8-13-28)21-19-39-31-16-11-17-35(39)51-37-36(39)30(23-32(31)46)34(50-27(3)47)24-40(37,49-4)45-38(48)33(52-41(42,43)44)22-29-14-9-6-10-15-29/h5-10,12-15,22,24,26,31-32,35,37H,11,16-21,23,25H2,1-4H3/p+1/t31-,32+,35-,37?,39+,40?,46?/m0/s1. The van der Waals surface area contributed by atoms with Gasteiger partial charge in [0.15, 0.2) is 11.5 Å². The number of piperidine rings is 1. The van der Waals surface area contributed by atoms with E-state index >= 15 is 0 Å². The Morgan fingerprint density at radius 3 is 2.44 bits per heavy atom. The molecule has 2 aliphatic heterocycles. The first-order chi connectivity index (χ1) is 24.8. The third-order valence-corrected chi connectivity index (χ3v) is 12.1. The Kier molecular flexibility index (Phi) is 9.67. The van der Waals surface area contributed by atoms with E-state index in [1.54, 1.807) is 30.3 Å². The number of quaternary nitrogens is 1. The van der Waals surface area contributed by atoms with Gasteiger partial charge in [0.2, 0.25) is 0 Å². The molecule has 2 aromatic rings. The molecule has 7 atom stereocenters. The van der Waals surface area contributed by atoms with Crippen molar-refractivity contribution in [2.45, 2.75) is 89.6 Å². The number of hydrogen-bond acceptors (Lipinski definition) is 6. The van der Waals surface area contributed by atoms with Gasteiger partial charge in [0.25, 0.3) is 5.91 Å². The van der Waals surface area contributed by atoms with Crippen LogP contribution in [0.3, 0.4) is 0 Å². The number of allylic oxidation sites excluding steroid dienone is 1. The molecule has 2 bridgehead atoms. The highest BCUT2D eigenvalue weighted by atomic mass is 19.4. The number of esters is 1. The summed E-state index contributed by atoms with van der Waals surface area (Å²) >= 11 is 0. The highest BCUT2D eigenvalue weighted by Crippen LogP contribution is 2.68. The first kappa shape index (κ1) is 36.4. The molecular weight excluding hydrogens is 673 g/mol. The molecule has 3 aliphatic carbocycles. The molecule has 5 aliphatic rings. The zero-order valence-electron chi connectivity index (χ0n) is 30.2. The number of nitrogens with zero attached hydrogens (tertiary/aromatic N) is 1. The minimum Gasteiger partial charge on any atom is -0.427 e. The lowest BCUT2D eigenvalue weighted by Crippen LogP contribution is -2.71. The monoisotopic (exact) mass is 721 g/mol. The van der Waals surface area contributed by atoms with E-state index in [0.29, 0.717) is 17.9 Å². The van der Waals surface area contributed by atoms with Crippen LogP contribution in [0.5, 0.6) is 0 Å². The van der Waals surface area contributed by atoms with E-state index in [2.05, 4.69) is 48.2 Å². The number of halogens is 3. The molecule has 1 amide bonds. The molecule has 1 saturated carbocycles. The lowest BCUT2D eigenvalue weighted by atomic mass is 9.49. The van der Waals surface area contributed by atoms with Gasteiger partial charge in [-0.3, -0.25) is 9.59 Å². The predicted octanol–water partition coefficient (Wildman–Crippen LogP) is 7.23. The molecule has 1 N–H and O–H groups in total. The van der Waals surface area contributed by atoms with Gasteiger partial charge in [-0.25, -0.2) is 0 Å². The summed E-state index contributed by atoms with van der Waals surface area (Å²) in [6.45, 7) is 8.82. The normalized spacial score (nSPS) is 32.2. The second-order valence-electron chi connectivity index (χ2n) is 15.5. The van der Waals surface area contributed by atoms with Crippen LogP contribution in [-0.2, 0) is 35.0 Å². The number of carbonyl (C=O) groups excluding carboxylic acids is 2. The van der Waals surface area contributed by atoms with Gasteiger partial charge in [0, 0.05) is 62.2 Å². The van der Waals surface area contributed by atoms with Gasteiger partial charge in [-0.1, -0.05) is 80.9 Å². The number of methoxy groups -OCH3 is 1. The molecule has 3 unspecified atom stereocenters. The Morgan fingerprint density at radius 2 is 1.79 bits per heavy atom. The topological polar surface area (TPSA) is 83.1 Å². The molecule has 278 valence electrons. The fourth-order valence-electron chi connectivity index (χ4n) is 10.4. The molecule has 1 spiro atoms. The molecule has 8 nitrogen and oxygen atoms in total. The first-order valence-electron chi connectivity index (χ1n) is 18.4. The molecule has 2 aromatic carbocycles. The Balaban J connectivity index is 1.31. The van der Waals surface area contributed by atoms with Gasteiger partial charge in [-0.2, -0.15) is 0 Å². The number of rotatable bonds is 11. The molecule has 0 aromatic heterocycles. The van der Waals surface area contributed by atoms with Crippen LogP contribution < -0.4 is 5.32 Å². The minimum atomic E-state index is -5.13. The first-order valence-corrected chi connectivity index (χ1v) is 18.4. The highest BCUT2D eigenvalue weighted by Gasteiger charge is 2.72. The summed E-state index contributed by atoms with van der Waals surface area (Å²) in [6, 6.07) is 19.0. The summed E-state index contributed by atoms with van der Waals surface area (Å²) in [4.78, 5) is 26.7. The van der Waals surface area contributed by atoms with E-state index in [0.717, 1.165) is 73.4 Å². The van der Waals surface area contributed by atoms with Gasteiger partial charge in [-0.15, -0.1) is 13.2 Å². The quantitative estimate of drug-likeness (QED) is 0.0868. The SMILES string of the molecule is COC1(NC(=O)C(=Cc2ccccc2)OC(F)(F)F)C=C(OC(C)=O)C2=C3C1O[C@H]1CCC[C@H]4[C@@H](C2)[N+](CCc2ccccc2)(CC(C)C)CC[C@]314. The molecule has 0 radical (unpaired) electrons. The largest absolute Gasteiger partial charge is 0.573 e. The molecule has 7 rings (SSSR count). The van der Waals surface area contributed by atoms with E-state index in [1.165, 1.54) is 25.7 Å². The van der Waals surface area contributed by atoms with E-state index < -0.39 is 41.2 Å². The van der Waals surface area contributed by atoms with Crippen LogP contribution in [0.2, 0.25) is 0 Å². The van der Waals surface area contributed by atoms with Crippen molar-refractivity contribution in [3.63, 3.8) is 0 Å². The fourth-order valence-corrected chi connectivity index (χ4v) is 10.4. The summed E-state index contributed by atoms with van der Waals surface area (Å²) in [5.74, 6) is -1.67. The average Bonchev–Trinajstić information content (AvgIpc) is 3.44. The third-order valence-electron chi connectivity index (χ3n) is 12.1. The number of hydrogen-bond donors (Lipinski definition) is 1. The number of nitrogens with one attached hydrogen (secondary N) is 1. The van der Waals surface area contributed by atoms with Crippen LogP contribution in [0.15, 0.2) is 89.4 Å². The number of benzene rings is 2. The fraction of sp³-hybridized carbons (Fsp3) is 0.512. The number of carbonyl (C=O) groups is 2. The molecule has 52 heavy (non-hydrogen) atoms. The van der Waals surface area contributed by atoms with Crippen LogP contribution in [0.25, 0.3) is 6.08 Å². The maximum Gasteiger partial charge on any atom is 0.573 e. The molecule has 2 saturated heterocycles. The Labute approximate surface area is 303 Å². The lowest BCUT2D eigenvalue weighted by Gasteiger charge is -2.63. The second kappa shape index (κ2) is 13.8. The van der Waals surface area contributed by atoms with Crippen LogP contribution in [0.1, 0.15) is 64.0 Å². The summed E-state index contributed by atoms with van der Waals surface area (Å²) in [5.41, 5.74) is 1.31. The number of likely N-dealkylation sites (tertiary alicyclic amines) is 1. The maximum atomic E-state index is 13.9. The second-order valence-corrected chi connectivity index (χ2v) is 15.5. The van der Waals surface area contributed by atoms with Crippen LogP contribution >= 0.6 is 0 Å². The average molecular weight is 722 g/mol. The Morgan fingerprint density at radius 1 is 1.08 bits per heavy atom. The van der Waals surface area contributed by atoms with E-state index in [4.69, 9.17) is 14.2 Å². The smallest absolute Gasteiger partial charge is 0.427 e. The Hall–Kier alpha value is -3.93. The minimum absolute atomic E-state index is 0.193. The van der Waals surface area contributed by atoms with Crippen LogP contribution in [0, 0.1) is 17.3 Å². The molecule has 11 heteroatoms. The zero-order chi connectivity index (χ0) is 36.9. The van der Waals surface area contributed by atoms with Crippen molar-refractivity contribution >= 4 is 18.0 Å². The molecule has 3 fully saturated rings. The van der Waals surface area contributed by atoms with Crippen molar-refractivity contribution in [3.05, 3.63) is 101 Å². The van der Waals surface area contributed by atoms with Gasteiger partial charge in [-0.05, 0) is 35.6 Å². The third kappa shape index (κ3) is 6.49. The van der Waals surface area contributed by atoms with Gasteiger partial charge < -0.3 is 28.7 Å². The summed E-state index contributed by atoms with van der Waals surface area (Å²) in [5, 5.41) is 2.74. The number of alkyl halides is 3. The van der Waals surface area contributed by atoms with E-state index in [9.17, 15) is 22.8 Å². The van der Waals surface area contributed by atoms with Crippen molar-refractivity contribution in [1.29, 1.82) is 0 Å². The van der Waals surface area contributed by atoms with Gasteiger partial charge in [0.1, 0.15) is 11.9 Å². The van der Waals surface area contributed by atoms with Crippen molar-refractivity contribution in [2.24, 2.45) is 17.3 Å². The van der Waals surface area contributed by atoms with Gasteiger partial charge in [0.05, 0.1) is 31.8 Å². The number of amides is 1. The summed E-state index contributed by atoms with van der Waals surface area (Å²) in [7, 11) is 1.38. The predicted molar refractivity (Wildman–Crippen MR) is 188 cm³/mol. The molecule has 2 heterocycles. The highest BCUT2D eigenvalue weighted by molar-refractivity contribution is 5.96. The summed E-state index contributed by atoms with van der Waals surface area (Å²) in [6.07, 6.45) is 1.62. The van der Waals surface area contributed by atoms with Gasteiger partial charge >= 0.3 is 12.3 Å². The van der Waals surface area contributed by atoms with E-state index in [1.807, 2.05) is 6.07 Å². The lowest BCUT2D eigenvalue weighted by molar-refractivity contribution is -0.965. The Bertz CT molecular complexity index is 1780. The number of ether oxygens (including phenoxy) is 4. The van der Waals surface area contributed by atoms with E-state index in [-0.39, 0.29) is 23.8 Å². The van der Waals surface area contributed by atoms with Crippen molar-refractivity contribution in [2.75, 3.05) is 26.7 Å². The van der Waals surface area contributed by atoms with Crippen LogP contribution in [-0.4, -0.2) is 73.4 Å². The molecular formula is C41H48F3N2O6+. The van der Waals surface area contributed by atoms with Crippen LogP contribution in [0.4, 0.5) is 13.2 Å². The summed E-state index contributed by atoms with van der Waals surface area (Å²) < 4.78 is 65.4.